The molecule has 1 aliphatic rings. The van der Waals surface area contributed by atoms with Crippen molar-refractivity contribution in [2.45, 2.75) is 78.0 Å². The van der Waals surface area contributed by atoms with Gasteiger partial charge in [0.25, 0.3) is 0 Å². The smallest absolute Gasteiger partial charge is 0.417 e. The lowest BCUT2D eigenvalue weighted by atomic mass is 9.92. The van der Waals surface area contributed by atoms with Gasteiger partial charge in [-0.3, -0.25) is 19.2 Å². The number of carbonyl (C=O) groups excluding carboxylic acids is 5. The third-order valence-corrected chi connectivity index (χ3v) is 7.28. The minimum atomic E-state index is -1.57. The van der Waals surface area contributed by atoms with Crippen molar-refractivity contribution in [3.8, 4) is 0 Å². The highest BCUT2D eigenvalue weighted by Gasteiger charge is 2.47. The molecule has 42 heavy (non-hydrogen) atoms. The highest BCUT2D eigenvalue weighted by atomic mass is 16.6. The SMILES string of the molecule is CC(=O)O[C@@H](C(=O)C=C(C(=O)CCCCCCO)c1cccc(C)c1)[C@@H](C)C(=O)N1C(=O)O[C@@H](c2ccccc2)[C@H]1C. The summed E-state index contributed by atoms with van der Waals surface area (Å²) in [4.78, 5) is 66.4. The topological polar surface area (TPSA) is 127 Å². The maximum absolute atomic E-state index is 13.7. The summed E-state index contributed by atoms with van der Waals surface area (Å²) in [6.45, 7) is 6.16. The Kier molecular flexibility index (Phi) is 11.7. The van der Waals surface area contributed by atoms with Crippen molar-refractivity contribution in [2.75, 3.05) is 6.61 Å². The van der Waals surface area contributed by atoms with Crippen LogP contribution >= 0.6 is 0 Å². The summed E-state index contributed by atoms with van der Waals surface area (Å²) in [6.07, 6.45) is 0.969. The number of benzene rings is 2. The summed E-state index contributed by atoms with van der Waals surface area (Å²) in [5.41, 5.74) is 2.29. The third-order valence-electron chi connectivity index (χ3n) is 7.28. The molecule has 1 N–H and O–H groups in total. The number of unbranched alkanes of at least 4 members (excludes halogenated alkanes) is 3. The highest BCUT2D eigenvalue weighted by Crippen LogP contribution is 2.34. The Morgan fingerprint density at radius 2 is 1.71 bits per heavy atom. The Labute approximate surface area is 246 Å². The normalized spacial score (nSPS) is 18.3. The van der Waals surface area contributed by atoms with E-state index in [1.54, 1.807) is 49.4 Å². The number of aliphatic hydroxyl groups excluding tert-OH is 1. The zero-order valence-electron chi connectivity index (χ0n) is 24.6. The summed E-state index contributed by atoms with van der Waals surface area (Å²) in [7, 11) is 0. The van der Waals surface area contributed by atoms with Gasteiger partial charge in [-0.2, -0.15) is 0 Å². The Hall–Kier alpha value is -4.11. The number of amides is 2. The van der Waals surface area contributed by atoms with Gasteiger partial charge in [0.2, 0.25) is 5.91 Å². The molecule has 9 heteroatoms. The number of imide groups is 1. The number of rotatable bonds is 14. The van der Waals surface area contributed by atoms with Crippen LogP contribution < -0.4 is 0 Å². The van der Waals surface area contributed by atoms with E-state index < -0.39 is 47.9 Å². The summed E-state index contributed by atoms with van der Waals surface area (Å²) in [6, 6.07) is 15.5. The average Bonchev–Trinajstić information content (AvgIpc) is 3.27. The van der Waals surface area contributed by atoms with E-state index in [9.17, 15) is 24.0 Å². The van der Waals surface area contributed by atoms with Gasteiger partial charge in [0.15, 0.2) is 17.7 Å². The minimum absolute atomic E-state index is 0.0895. The molecule has 0 radical (unpaired) electrons. The van der Waals surface area contributed by atoms with Crippen molar-refractivity contribution in [3.05, 3.63) is 77.4 Å². The highest BCUT2D eigenvalue weighted by molar-refractivity contribution is 6.25. The fourth-order valence-corrected chi connectivity index (χ4v) is 5.03. The number of ether oxygens (including phenoxy) is 2. The molecule has 0 aliphatic carbocycles. The van der Waals surface area contributed by atoms with E-state index in [0.29, 0.717) is 18.4 Å². The van der Waals surface area contributed by atoms with Crippen LogP contribution in [0.2, 0.25) is 0 Å². The second-order valence-electron chi connectivity index (χ2n) is 10.6. The Balaban J connectivity index is 1.88. The number of esters is 1. The largest absolute Gasteiger partial charge is 0.453 e. The molecular formula is C33H39NO8. The molecule has 9 nitrogen and oxygen atoms in total. The predicted molar refractivity (Wildman–Crippen MR) is 156 cm³/mol. The number of aliphatic hydroxyl groups is 1. The molecule has 2 aromatic carbocycles. The van der Waals surface area contributed by atoms with Crippen LogP contribution in [0.4, 0.5) is 4.79 Å². The maximum Gasteiger partial charge on any atom is 0.417 e. The molecule has 0 aromatic heterocycles. The van der Waals surface area contributed by atoms with E-state index in [1.807, 2.05) is 19.1 Å². The minimum Gasteiger partial charge on any atom is -0.453 e. The molecule has 0 saturated carbocycles. The van der Waals surface area contributed by atoms with Crippen molar-refractivity contribution in [2.24, 2.45) is 5.92 Å². The van der Waals surface area contributed by atoms with Gasteiger partial charge in [-0.15, -0.1) is 0 Å². The van der Waals surface area contributed by atoms with Crippen LogP contribution in [0, 0.1) is 12.8 Å². The number of hydrogen-bond donors (Lipinski definition) is 1. The fraction of sp³-hybridized carbons (Fsp3) is 0.424. The number of nitrogens with zero attached hydrogens (tertiary/aromatic N) is 1. The van der Waals surface area contributed by atoms with Crippen LogP contribution in [-0.4, -0.2) is 58.3 Å². The molecule has 1 fully saturated rings. The zero-order valence-corrected chi connectivity index (χ0v) is 24.6. The van der Waals surface area contributed by atoms with E-state index in [0.717, 1.165) is 41.9 Å². The van der Waals surface area contributed by atoms with E-state index in [1.165, 1.54) is 6.92 Å². The van der Waals surface area contributed by atoms with Crippen molar-refractivity contribution in [3.63, 3.8) is 0 Å². The van der Waals surface area contributed by atoms with E-state index in [2.05, 4.69) is 0 Å². The first-order chi connectivity index (χ1) is 20.0. The van der Waals surface area contributed by atoms with Gasteiger partial charge in [0.1, 0.15) is 6.10 Å². The molecule has 1 aliphatic heterocycles. The molecule has 0 unspecified atom stereocenters. The van der Waals surface area contributed by atoms with Crippen LogP contribution in [0.5, 0.6) is 0 Å². The maximum atomic E-state index is 13.7. The van der Waals surface area contributed by atoms with Crippen molar-refractivity contribution >= 4 is 35.1 Å². The summed E-state index contributed by atoms with van der Waals surface area (Å²) >= 11 is 0. The number of ketones is 2. The molecule has 2 aromatic rings. The van der Waals surface area contributed by atoms with E-state index in [4.69, 9.17) is 14.6 Å². The lowest BCUT2D eigenvalue weighted by Crippen LogP contribution is -2.47. The molecule has 0 spiro atoms. The number of hydrogen-bond acceptors (Lipinski definition) is 8. The number of aryl methyl sites for hydroxylation is 1. The van der Waals surface area contributed by atoms with Crippen molar-refractivity contribution < 1.29 is 38.6 Å². The lowest BCUT2D eigenvalue weighted by molar-refractivity contribution is -0.158. The first-order valence-corrected chi connectivity index (χ1v) is 14.3. The zero-order chi connectivity index (χ0) is 30.8. The van der Waals surface area contributed by atoms with Crippen LogP contribution in [0.25, 0.3) is 5.57 Å². The monoisotopic (exact) mass is 577 g/mol. The van der Waals surface area contributed by atoms with Gasteiger partial charge in [0.05, 0.1) is 12.0 Å². The van der Waals surface area contributed by atoms with Gasteiger partial charge in [-0.25, -0.2) is 9.69 Å². The Morgan fingerprint density at radius 3 is 2.36 bits per heavy atom. The van der Waals surface area contributed by atoms with Gasteiger partial charge in [-0.05, 0) is 50.8 Å². The number of Topliss-reactive ketones (excluding diaryl/α,β-unsaturated/α-hetero) is 1. The molecule has 0 bridgehead atoms. The Bertz CT molecular complexity index is 1320. The second kappa shape index (κ2) is 15.2. The molecule has 2 amide bonds. The number of allylic oxidation sites excluding steroid dienone is 1. The van der Waals surface area contributed by atoms with Crippen molar-refractivity contribution in [1.29, 1.82) is 0 Å². The van der Waals surface area contributed by atoms with Gasteiger partial charge in [-0.1, -0.05) is 73.0 Å². The van der Waals surface area contributed by atoms with Crippen LogP contribution in [0.3, 0.4) is 0 Å². The summed E-state index contributed by atoms with van der Waals surface area (Å²) in [5.74, 6) is -3.76. The molecule has 1 saturated heterocycles. The standard InChI is InChI=1S/C33H39NO8/c1-21-13-12-16-26(19-21)27(28(37)17-10-5-6-11-18-35)20-29(38)30(41-24(4)36)22(2)32(39)34-23(3)31(42-33(34)40)25-14-8-7-9-15-25/h7-9,12-16,19-20,22-23,30-31,35H,5-6,10-11,17-18H2,1-4H3/t22-,23-,30-,31-/m1/s1. The molecular weight excluding hydrogens is 538 g/mol. The summed E-state index contributed by atoms with van der Waals surface area (Å²) < 4.78 is 10.8. The molecule has 3 rings (SSSR count). The first kappa shape index (κ1) is 32.4. The van der Waals surface area contributed by atoms with Gasteiger partial charge in [0, 0.05) is 25.5 Å². The van der Waals surface area contributed by atoms with Crippen LogP contribution in [-0.2, 0) is 28.7 Å². The first-order valence-electron chi connectivity index (χ1n) is 14.3. The number of carbonyl (C=O) groups is 5. The third kappa shape index (κ3) is 8.22. The average molecular weight is 578 g/mol. The lowest BCUT2D eigenvalue weighted by Gasteiger charge is -2.26. The van der Waals surface area contributed by atoms with Gasteiger partial charge < -0.3 is 14.6 Å². The number of cyclic esters (lactones) is 1. The van der Waals surface area contributed by atoms with E-state index in [-0.39, 0.29) is 24.4 Å². The quantitative estimate of drug-likeness (QED) is 0.186. The summed E-state index contributed by atoms with van der Waals surface area (Å²) in [5, 5.41) is 9.00. The predicted octanol–water partition coefficient (Wildman–Crippen LogP) is 5.14. The fourth-order valence-electron chi connectivity index (χ4n) is 5.03. The molecule has 224 valence electrons. The molecule has 4 atom stereocenters. The van der Waals surface area contributed by atoms with Crippen LogP contribution in [0.1, 0.15) is 75.7 Å². The van der Waals surface area contributed by atoms with E-state index >= 15 is 0 Å². The van der Waals surface area contributed by atoms with Gasteiger partial charge >= 0.3 is 12.1 Å². The van der Waals surface area contributed by atoms with Crippen molar-refractivity contribution in [1.82, 2.24) is 4.90 Å². The molecule has 1 heterocycles. The van der Waals surface area contributed by atoms with Crippen LogP contribution in [0.15, 0.2) is 60.7 Å². The second-order valence-corrected chi connectivity index (χ2v) is 10.6. The Morgan fingerprint density at radius 1 is 1.02 bits per heavy atom.